The van der Waals surface area contributed by atoms with E-state index in [1.165, 1.54) is 12.1 Å². The molecular formula is C14H23O8P. The highest BCUT2D eigenvalue weighted by Crippen LogP contribution is 2.39. The number of aliphatic hydroxyl groups is 4. The van der Waals surface area contributed by atoms with Gasteiger partial charge in [0.05, 0.1) is 38.3 Å². The van der Waals surface area contributed by atoms with Crippen molar-refractivity contribution in [3.63, 3.8) is 0 Å². The van der Waals surface area contributed by atoms with Crippen LogP contribution >= 0.6 is 7.37 Å². The van der Waals surface area contributed by atoms with Crippen LogP contribution < -0.4 is 5.30 Å². The van der Waals surface area contributed by atoms with E-state index in [-0.39, 0.29) is 12.6 Å². The average Bonchev–Trinajstić information content (AvgIpc) is 2.57. The lowest BCUT2D eigenvalue weighted by atomic mass is 9.93. The minimum Gasteiger partial charge on any atom is -0.481 e. The van der Waals surface area contributed by atoms with Crippen molar-refractivity contribution in [2.24, 2.45) is 5.41 Å². The third kappa shape index (κ3) is 7.69. The maximum Gasteiger partial charge on any atom is 0.303 e. The van der Waals surface area contributed by atoms with Crippen molar-refractivity contribution in [1.82, 2.24) is 0 Å². The van der Waals surface area contributed by atoms with E-state index in [0.29, 0.717) is 5.30 Å². The Morgan fingerprint density at radius 1 is 0.957 bits per heavy atom. The van der Waals surface area contributed by atoms with Crippen molar-refractivity contribution >= 4 is 18.6 Å². The summed E-state index contributed by atoms with van der Waals surface area (Å²) in [6.07, 6.45) is -0.505. The molecule has 0 aliphatic rings. The molecule has 0 saturated carbocycles. The standard InChI is InChI=1S/C9H11O4P.C5H12O4/c10-9(11)6-7-14(12,13)8-4-2-1-3-5-8;6-1-5(2-7,3-8)4-9/h1-5H,6-7H2,(H,10,11)(H,12,13);6-9H,1-4H2. The number of rotatable bonds is 8. The molecule has 0 aromatic heterocycles. The number of aliphatic carboxylic acids is 1. The summed E-state index contributed by atoms with van der Waals surface area (Å²) >= 11 is 0. The van der Waals surface area contributed by atoms with Gasteiger partial charge >= 0.3 is 5.97 Å². The summed E-state index contributed by atoms with van der Waals surface area (Å²) in [5, 5.41) is 42.7. The Morgan fingerprint density at radius 2 is 1.39 bits per heavy atom. The molecule has 1 aromatic carbocycles. The predicted octanol–water partition coefficient (Wildman–Crippen LogP) is -1.00. The molecule has 0 fully saturated rings. The Balaban J connectivity index is 0.000000468. The molecule has 0 amide bonds. The molecule has 0 aliphatic heterocycles. The van der Waals surface area contributed by atoms with Gasteiger partial charge in [-0.1, -0.05) is 18.2 Å². The number of hydrogen-bond donors (Lipinski definition) is 6. The molecule has 1 aromatic rings. The lowest BCUT2D eigenvalue weighted by Gasteiger charge is -2.23. The first kappa shape index (κ1) is 21.7. The third-order valence-electron chi connectivity index (χ3n) is 3.13. The largest absolute Gasteiger partial charge is 0.481 e. The monoisotopic (exact) mass is 350 g/mol. The average molecular weight is 350 g/mol. The van der Waals surface area contributed by atoms with Crippen LogP contribution in [0.25, 0.3) is 0 Å². The van der Waals surface area contributed by atoms with Gasteiger partial charge in [0, 0.05) is 11.5 Å². The van der Waals surface area contributed by atoms with Gasteiger partial charge in [0.25, 0.3) is 0 Å². The second kappa shape index (κ2) is 10.5. The first-order valence-electron chi connectivity index (χ1n) is 6.79. The van der Waals surface area contributed by atoms with Gasteiger partial charge in [0.2, 0.25) is 7.37 Å². The highest BCUT2D eigenvalue weighted by molar-refractivity contribution is 7.66. The zero-order valence-corrected chi connectivity index (χ0v) is 13.5. The molecule has 0 aliphatic carbocycles. The fourth-order valence-corrected chi connectivity index (χ4v) is 2.73. The van der Waals surface area contributed by atoms with Crippen molar-refractivity contribution in [2.45, 2.75) is 6.42 Å². The van der Waals surface area contributed by atoms with E-state index < -0.39 is 45.2 Å². The van der Waals surface area contributed by atoms with Crippen LogP contribution in [0.1, 0.15) is 6.42 Å². The van der Waals surface area contributed by atoms with E-state index in [9.17, 15) is 14.3 Å². The summed E-state index contributed by atoms with van der Waals surface area (Å²) in [4.78, 5) is 19.8. The molecule has 1 atom stereocenters. The molecule has 0 saturated heterocycles. The fourth-order valence-electron chi connectivity index (χ4n) is 1.34. The van der Waals surface area contributed by atoms with Gasteiger partial charge in [-0.3, -0.25) is 9.36 Å². The topological polar surface area (TPSA) is 156 Å². The number of carbonyl (C=O) groups is 1. The van der Waals surface area contributed by atoms with Gasteiger partial charge < -0.3 is 30.4 Å². The zero-order chi connectivity index (χ0) is 17.9. The third-order valence-corrected chi connectivity index (χ3v) is 5.06. The summed E-state index contributed by atoms with van der Waals surface area (Å²) in [6.45, 7) is -1.62. The molecule has 8 nitrogen and oxygen atoms in total. The van der Waals surface area contributed by atoms with Crippen LogP contribution in [0.3, 0.4) is 0 Å². The van der Waals surface area contributed by atoms with Crippen molar-refractivity contribution in [2.75, 3.05) is 32.6 Å². The predicted molar refractivity (Wildman–Crippen MR) is 83.8 cm³/mol. The maximum absolute atomic E-state index is 11.6. The Bertz CT molecular complexity index is 483. The highest BCUT2D eigenvalue weighted by Gasteiger charge is 2.26. The second-order valence-electron chi connectivity index (χ2n) is 5.04. The van der Waals surface area contributed by atoms with Crippen LogP contribution in [-0.2, 0) is 9.36 Å². The summed E-state index contributed by atoms with van der Waals surface area (Å²) in [5.41, 5.74) is -1.11. The Morgan fingerprint density at radius 3 is 1.70 bits per heavy atom. The first-order chi connectivity index (χ1) is 10.8. The summed E-state index contributed by atoms with van der Waals surface area (Å²) in [5.74, 6) is -1.06. The lowest BCUT2D eigenvalue weighted by Crippen LogP contribution is -2.37. The smallest absolute Gasteiger partial charge is 0.303 e. The van der Waals surface area contributed by atoms with E-state index in [1.54, 1.807) is 18.2 Å². The van der Waals surface area contributed by atoms with Crippen LogP contribution in [0.2, 0.25) is 0 Å². The number of hydrogen-bond acceptors (Lipinski definition) is 6. The van der Waals surface area contributed by atoms with Crippen LogP contribution in [0.15, 0.2) is 30.3 Å². The normalized spacial score (nSPS) is 13.6. The molecule has 0 bridgehead atoms. The Hall–Kier alpha value is -1.28. The molecule has 0 spiro atoms. The van der Waals surface area contributed by atoms with Crippen molar-refractivity contribution in [1.29, 1.82) is 0 Å². The van der Waals surface area contributed by atoms with Gasteiger partial charge in [-0.05, 0) is 12.1 Å². The molecule has 1 rings (SSSR count). The number of benzene rings is 1. The molecule has 132 valence electrons. The molecular weight excluding hydrogens is 327 g/mol. The number of aliphatic hydroxyl groups excluding tert-OH is 4. The summed E-state index contributed by atoms with van der Waals surface area (Å²) in [6, 6.07) is 8.10. The zero-order valence-electron chi connectivity index (χ0n) is 12.6. The van der Waals surface area contributed by atoms with E-state index in [2.05, 4.69) is 0 Å². The molecule has 23 heavy (non-hydrogen) atoms. The van der Waals surface area contributed by atoms with Gasteiger partial charge in [0.15, 0.2) is 0 Å². The molecule has 0 heterocycles. The molecule has 9 heteroatoms. The second-order valence-corrected chi connectivity index (χ2v) is 7.40. The van der Waals surface area contributed by atoms with Crippen molar-refractivity contribution in [3.05, 3.63) is 30.3 Å². The fraction of sp³-hybridized carbons (Fsp3) is 0.500. The number of carboxylic acids is 1. The SMILES string of the molecule is O=C(O)CCP(=O)(O)c1ccccc1.OCC(CO)(CO)CO. The number of carboxylic acid groups (broad SMARTS) is 1. The quantitative estimate of drug-likeness (QED) is 0.326. The Labute approximate surface area is 134 Å². The van der Waals surface area contributed by atoms with Crippen LogP contribution in [0.5, 0.6) is 0 Å². The van der Waals surface area contributed by atoms with Crippen molar-refractivity contribution in [3.8, 4) is 0 Å². The van der Waals surface area contributed by atoms with Gasteiger partial charge in [0.1, 0.15) is 0 Å². The van der Waals surface area contributed by atoms with Crippen LogP contribution in [-0.4, -0.2) is 69.0 Å². The lowest BCUT2D eigenvalue weighted by molar-refractivity contribution is -0.136. The first-order valence-corrected chi connectivity index (χ1v) is 8.64. The van der Waals surface area contributed by atoms with E-state index in [0.717, 1.165) is 0 Å². The van der Waals surface area contributed by atoms with E-state index in [4.69, 9.17) is 25.5 Å². The van der Waals surface area contributed by atoms with E-state index >= 15 is 0 Å². The molecule has 0 radical (unpaired) electrons. The van der Waals surface area contributed by atoms with Crippen molar-refractivity contribution < 1.29 is 39.8 Å². The highest BCUT2D eigenvalue weighted by atomic mass is 31.2. The molecule has 1 unspecified atom stereocenters. The van der Waals surface area contributed by atoms with Gasteiger partial charge in [-0.15, -0.1) is 0 Å². The minimum atomic E-state index is -3.48. The van der Waals surface area contributed by atoms with Crippen LogP contribution in [0, 0.1) is 5.41 Å². The van der Waals surface area contributed by atoms with Gasteiger partial charge in [-0.25, -0.2) is 0 Å². The molecule has 6 N–H and O–H groups in total. The van der Waals surface area contributed by atoms with Crippen LogP contribution in [0.4, 0.5) is 0 Å². The Kier molecular flexibility index (Phi) is 9.90. The summed E-state index contributed by atoms with van der Waals surface area (Å²) in [7, 11) is -3.48. The van der Waals surface area contributed by atoms with E-state index in [1.807, 2.05) is 0 Å². The maximum atomic E-state index is 11.6. The summed E-state index contributed by atoms with van der Waals surface area (Å²) < 4.78 is 11.6. The minimum absolute atomic E-state index is 0.216. The van der Waals surface area contributed by atoms with Gasteiger partial charge in [-0.2, -0.15) is 0 Å².